The zero-order chi connectivity index (χ0) is 22.0. The third-order valence-corrected chi connectivity index (χ3v) is 6.25. The highest BCUT2D eigenvalue weighted by Crippen LogP contribution is 2.29. The summed E-state index contributed by atoms with van der Waals surface area (Å²) in [4.78, 5) is 27.5. The first-order valence-electron chi connectivity index (χ1n) is 10.5. The van der Waals surface area contributed by atoms with Crippen molar-refractivity contribution in [2.75, 3.05) is 20.2 Å². The summed E-state index contributed by atoms with van der Waals surface area (Å²) in [5.74, 6) is -2.87. The van der Waals surface area contributed by atoms with Gasteiger partial charge in [0.1, 0.15) is 11.6 Å². The molecule has 4 rings (SSSR count). The van der Waals surface area contributed by atoms with Gasteiger partial charge in [-0.25, -0.2) is 8.78 Å². The Labute approximate surface area is 178 Å². The van der Waals surface area contributed by atoms with Crippen LogP contribution < -0.4 is 5.32 Å². The fraction of sp³-hybridized carbons (Fsp3) is 0.500. The van der Waals surface area contributed by atoms with Crippen LogP contribution in [0.2, 0.25) is 0 Å². The minimum atomic E-state index is -0.812. The van der Waals surface area contributed by atoms with Crippen molar-refractivity contribution in [2.45, 2.75) is 44.2 Å². The Balaban J connectivity index is 1.45. The molecule has 2 aromatic rings. The van der Waals surface area contributed by atoms with Crippen molar-refractivity contribution < 1.29 is 27.6 Å². The van der Waals surface area contributed by atoms with Crippen LogP contribution in [0, 0.1) is 17.6 Å². The van der Waals surface area contributed by atoms with Crippen molar-refractivity contribution in [3.05, 3.63) is 41.6 Å². The van der Waals surface area contributed by atoms with Crippen LogP contribution in [0.15, 0.2) is 28.8 Å². The Kier molecular flexibility index (Phi) is 6.31. The van der Waals surface area contributed by atoms with Gasteiger partial charge in [-0.15, -0.1) is 0 Å². The molecule has 0 unspecified atom stereocenters. The van der Waals surface area contributed by atoms with E-state index in [1.165, 1.54) is 32.1 Å². The molecule has 2 fully saturated rings. The minimum absolute atomic E-state index is 0.00487. The summed E-state index contributed by atoms with van der Waals surface area (Å²) in [5.41, 5.74) is -0.0363. The van der Waals surface area contributed by atoms with Gasteiger partial charge >= 0.3 is 5.97 Å². The number of carbonyl (C=O) groups excluding carboxylic acids is 2. The molecular formula is C22H25F2N3O4. The molecule has 9 heteroatoms. The highest BCUT2D eigenvalue weighted by molar-refractivity contribution is 5.93. The van der Waals surface area contributed by atoms with Crippen molar-refractivity contribution >= 4 is 11.9 Å². The van der Waals surface area contributed by atoms with E-state index in [9.17, 15) is 18.4 Å². The number of piperidine rings is 1. The van der Waals surface area contributed by atoms with Crippen molar-refractivity contribution in [3.63, 3.8) is 0 Å². The monoisotopic (exact) mass is 433 g/mol. The SMILES string of the molecule is COC(=O)[C@H]1CN(C2CCCC2)CC[C@@H]1NC(=O)c1cc(-c2ccc(F)cc2F)on1. The van der Waals surface area contributed by atoms with Gasteiger partial charge in [0, 0.05) is 37.3 Å². The number of likely N-dealkylation sites (tertiary alicyclic amines) is 1. The lowest BCUT2D eigenvalue weighted by Gasteiger charge is -2.40. The van der Waals surface area contributed by atoms with Crippen molar-refractivity contribution in [1.29, 1.82) is 0 Å². The van der Waals surface area contributed by atoms with Crippen LogP contribution in [0.4, 0.5) is 8.78 Å². The molecule has 0 bridgehead atoms. The Bertz CT molecular complexity index is 958. The second-order valence-electron chi connectivity index (χ2n) is 8.13. The van der Waals surface area contributed by atoms with Crippen molar-refractivity contribution in [1.82, 2.24) is 15.4 Å². The molecule has 1 amide bonds. The molecule has 1 aliphatic heterocycles. The number of ether oxygens (including phenoxy) is 1. The zero-order valence-electron chi connectivity index (χ0n) is 17.3. The number of methoxy groups -OCH3 is 1. The molecule has 166 valence electrons. The van der Waals surface area contributed by atoms with E-state index < -0.39 is 29.5 Å². The van der Waals surface area contributed by atoms with E-state index >= 15 is 0 Å². The molecule has 1 aromatic heterocycles. The van der Waals surface area contributed by atoms with E-state index in [2.05, 4.69) is 15.4 Å². The summed E-state index contributed by atoms with van der Waals surface area (Å²) < 4.78 is 37.2. The second-order valence-corrected chi connectivity index (χ2v) is 8.13. The summed E-state index contributed by atoms with van der Waals surface area (Å²) in [7, 11) is 1.34. The highest BCUT2D eigenvalue weighted by Gasteiger charge is 2.39. The number of rotatable bonds is 5. The van der Waals surface area contributed by atoms with Gasteiger partial charge < -0.3 is 14.6 Å². The highest BCUT2D eigenvalue weighted by atomic mass is 19.1. The van der Waals surface area contributed by atoms with Gasteiger partial charge in [0.05, 0.1) is 18.6 Å². The molecule has 1 saturated heterocycles. The lowest BCUT2D eigenvalue weighted by Crippen LogP contribution is -2.55. The third-order valence-electron chi connectivity index (χ3n) is 6.25. The van der Waals surface area contributed by atoms with Gasteiger partial charge in [0.2, 0.25) is 0 Å². The van der Waals surface area contributed by atoms with Crippen LogP contribution in [-0.4, -0.2) is 54.2 Å². The van der Waals surface area contributed by atoms with E-state index in [0.717, 1.165) is 31.5 Å². The number of esters is 1. The van der Waals surface area contributed by atoms with E-state index in [4.69, 9.17) is 9.26 Å². The lowest BCUT2D eigenvalue weighted by molar-refractivity contribution is -0.148. The molecule has 1 N–H and O–H groups in total. The number of benzene rings is 1. The number of hydrogen-bond donors (Lipinski definition) is 1. The van der Waals surface area contributed by atoms with Crippen LogP contribution in [0.25, 0.3) is 11.3 Å². The maximum absolute atomic E-state index is 14.0. The average molecular weight is 433 g/mol. The molecular weight excluding hydrogens is 408 g/mol. The number of nitrogens with one attached hydrogen (secondary N) is 1. The Hall–Kier alpha value is -2.81. The largest absolute Gasteiger partial charge is 0.469 e. The van der Waals surface area contributed by atoms with Crippen LogP contribution in [0.3, 0.4) is 0 Å². The molecule has 7 nitrogen and oxygen atoms in total. The van der Waals surface area contributed by atoms with Gasteiger partial charge in [0.25, 0.3) is 5.91 Å². The predicted molar refractivity (Wildman–Crippen MR) is 107 cm³/mol. The van der Waals surface area contributed by atoms with E-state index in [-0.39, 0.29) is 23.0 Å². The first-order valence-corrected chi connectivity index (χ1v) is 10.5. The Morgan fingerprint density at radius 1 is 1.19 bits per heavy atom. The van der Waals surface area contributed by atoms with Gasteiger partial charge in [-0.05, 0) is 31.4 Å². The first-order chi connectivity index (χ1) is 15.0. The second kappa shape index (κ2) is 9.13. The van der Waals surface area contributed by atoms with Crippen LogP contribution >= 0.6 is 0 Å². The average Bonchev–Trinajstić information content (AvgIpc) is 3.46. The summed E-state index contributed by atoms with van der Waals surface area (Å²) in [5, 5.41) is 6.57. The predicted octanol–water partition coefficient (Wildman–Crippen LogP) is 3.16. The quantitative estimate of drug-likeness (QED) is 0.730. The van der Waals surface area contributed by atoms with E-state index in [0.29, 0.717) is 19.0 Å². The fourth-order valence-electron chi connectivity index (χ4n) is 4.58. The summed E-state index contributed by atoms with van der Waals surface area (Å²) in [6, 6.07) is 4.43. The molecule has 2 heterocycles. The maximum Gasteiger partial charge on any atom is 0.312 e. The normalized spacial score (nSPS) is 22.4. The number of nitrogens with zero attached hydrogens (tertiary/aromatic N) is 2. The van der Waals surface area contributed by atoms with Crippen LogP contribution in [-0.2, 0) is 9.53 Å². The maximum atomic E-state index is 14.0. The number of amides is 1. The molecule has 0 spiro atoms. The van der Waals surface area contributed by atoms with E-state index in [1.807, 2.05) is 0 Å². The molecule has 1 saturated carbocycles. The van der Waals surface area contributed by atoms with Gasteiger partial charge in [-0.1, -0.05) is 18.0 Å². The Morgan fingerprint density at radius 3 is 2.68 bits per heavy atom. The topological polar surface area (TPSA) is 84.7 Å². The van der Waals surface area contributed by atoms with Crippen LogP contribution in [0.5, 0.6) is 0 Å². The Morgan fingerprint density at radius 2 is 1.97 bits per heavy atom. The van der Waals surface area contributed by atoms with Gasteiger partial charge in [-0.3, -0.25) is 14.5 Å². The molecule has 2 atom stereocenters. The summed E-state index contributed by atoms with van der Waals surface area (Å²) in [6.07, 6.45) is 5.28. The van der Waals surface area contributed by atoms with Gasteiger partial charge in [0.15, 0.2) is 11.5 Å². The lowest BCUT2D eigenvalue weighted by atomic mass is 9.90. The zero-order valence-corrected chi connectivity index (χ0v) is 17.3. The summed E-state index contributed by atoms with van der Waals surface area (Å²) in [6.45, 7) is 1.32. The van der Waals surface area contributed by atoms with Crippen LogP contribution in [0.1, 0.15) is 42.6 Å². The van der Waals surface area contributed by atoms with Crippen molar-refractivity contribution in [3.8, 4) is 11.3 Å². The number of halogens is 2. The standard InChI is InChI=1S/C22H25F2N3O4/c1-30-22(29)16-12-27(14-4-2-3-5-14)9-8-18(16)25-21(28)19-11-20(31-26-19)15-7-6-13(23)10-17(15)24/h6-7,10-11,14,16,18H,2-5,8-9,12H2,1H3,(H,25,28)/t16-,18-/m0/s1. The number of carbonyl (C=O) groups is 2. The fourth-order valence-corrected chi connectivity index (χ4v) is 4.58. The molecule has 1 aliphatic carbocycles. The number of hydrogen-bond acceptors (Lipinski definition) is 6. The first kappa shape index (κ1) is 21.4. The summed E-state index contributed by atoms with van der Waals surface area (Å²) >= 11 is 0. The molecule has 31 heavy (non-hydrogen) atoms. The smallest absolute Gasteiger partial charge is 0.312 e. The van der Waals surface area contributed by atoms with E-state index in [1.54, 1.807) is 0 Å². The molecule has 1 aromatic carbocycles. The minimum Gasteiger partial charge on any atom is -0.469 e. The van der Waals surface area contributed by atoms with Crippen molar-refractivity contribution in [2.24, 2.45) is 5.92 Å². The molecule has 0 radical (unpaired) electrons. The van der Waals surface area contributed by atoms with Gasteiger partial charge in [-0.2, -0.15) is 0 Å². The third kappa shape index (κ3) is 4.61. The number of aromatic nitrogens is 1. The molecule has 2 aliphatic rings.